The van der Waals surface area contributed by atoms with Crippen LogP contribution in [0.1, 0.15) is 18.5 Å². The van der Waals surface area contributed by atoms with E-state index in [2.05, 4.69) is 20.9 Å². The van der Waals surface area contributed by atoms with Crippen LogP contribution in [0.15, 0.2) is 9.30 Å². The maximum absolute atomic E-state index is 11.1. The number of carbonyl (C=O) groups excluding carboxylic acids is 1. The van der Waals surface area contributed by atoms with Gasteiger partial charge in [0, 0.05) is 18.2 Å². The predicted molar refractivity (Wildman–Crippen MR) is 53.4 cm³/mol. The number of hydrogen-bond donors (Lipinski definition) is 1. The lowest BCUT2D eigenvalue weighted by Gasteiger charge is -2.34. The van der Waals surface area contributed by atoms with E-state index in [9.17, 15) is 9.59 Å². The molecule has 1 aliphatic rings. The standard InChI is InChI=1S/C8H6BrNO3S/c9-7-10-5(3-14-7)8(6(12)13)1-4(11)2-8/h3H,1-2H2,(H,12,13). The monoisotopic (exact) mass is 275 g/mol. The van der Waals surface area contributed by atoms with Crippen molar-refractivity contribution in [2.45, 2.75) is 18.3 Å². The largest absolute Gasteiger partial charge is 0.481 e. The molecule has 14 heavy (non-hydrogen) atoms. The summed E-state index contributed by atoms with van der Waals surface area (Å²) in [5.41, 5.74) is -0.568. The van der Waals surface area contributed by atoms with E-state index in [1.165, 1.54) is 11.3 Å². The number of aromatic nitrogens is 1. The Kier molecular flexibility index (Phi) is 2.19. The van der Waals surface area contributed by atoms with Crippen LogP contribution in [0.4, 0.5) is 0 Å². The lowest BCUT2D eigenvalue weighted by atomic mass is 9.66. The van der Waals surface area contributed by atoms with Crippen LogP contribution in [-0.2, 0) is 15.0 Å². The maximum atomic E-state index is 11.1. The second-order valence-electron chi connectivity index (χ2n) is 3.27. The first-order chi connectivity index (χ1) is 6.54. The number of aliphatic carboxylic acids is 1. The highest BCUT2D eigenvalue weighted by Crippen LogP contribution is 2.42. The number of hydrogen-bond acceptors (Lipinski definition) is 4. The van der Waals surface area contributed by atoms with E-state index < -0.39 is 11.4 Å². The summed E-state index contributed by atoms with van der Waals surface area (Å²) in [7, 11) is 0. The molecule has 1 aromatic rings. The third kappa shape index (κ3) is 1.29. The van der Waals surface area contributed by atoms with Gasteiger partial charge in [-0.05, 0) is 15.9 Å². The molecule has 2 rings (SSSR count). The molecule has 1 fully saturated rings. The Morgan fingerprint density at radius 1 is 1.64 bits per heavy atom. The number of halogens is 1. The minimum Gasteiger partial charge on any atom is -0.481 e. The topological polar surface area (TPSA) is 67.3 Å². The number of rotatable bonds is 2. The molecule has 1 aliphatic carbocycles. The van der Waals surface area contributed by atoms with Crippen molar-refractivity contribution in [3.05, 3.63) is 15.0 Å². The highest BCUT2D eigenvalue weighted by Gasteiger charge is 2.53. The molecule has 1 saturated carbocycles. The van der Waals surface area contributed by atoms with Gasteiger partial charge in [-0.3, -0.25) is 9.59 Å². The normalized spacial score (nSPS) is 19.1. The van der Waals surface area contributed by atoms with E-state index in [0.29, 0.717) is 9.61 Å². The average Bonchev–Trinajstić information content (AvgIpc) is 2.45. The van der Waals surface area contributed by atoms with Crippen molar-refractivity contribution in [2.24, 2.45) is 0 Å². The number of thiazole rings is 1. The minimum absolute atomic E-state index is 0.0171. The summed E-state index contributed by atoms with van der Waals surface area (Å²) in [5, 5.41) is 10.7. The quantitative estimate of drug-likeness (QED) is 0.890. The molecule has 0 amide bonds. The van der Waals surface area contributed by atoms with Crippen LogP contribution in [-0.4, -0.2) is 21.8 Å². The Morgan fingerprint density at radius 3 is 2.64 bits per heavy atom. The number of carboxylic acid groups (broad SMARTS) is 1. The Bertz CT molecular complexity index is 406. The first-order valence-electron chi connectivity index (χ1n) is 3.91. The van der Waals surface area contributed by atoms with Gasteiger partial charge >= 0.3 is 5.97 Å². The number of nitrogens with zero attached hydrogens (tertiary/aromatic N) is 1. The Morgan fingerprint density at radius 2 is 2.29 bits per heavy atom. The van der Waals surface area contributed by atoms with Crippen LogP contribution in [0.2, 0.25) is 0 Å². The van der Waals surface area contributed by atoms with Crippen molar-refractivity contribution in [3.8, 4) is 0 Å². The summed E-state index contributed by atoms with van der Waals surface area (Å²) in [5.74, 6) is -0.980. The second-order valence-corrected chi connectivity index (χ2v) is 5.40. The highest BCUT2D eigenvalue weighted by atomic mass is 79.9. The fourth-order valence-electron chi connectivity index (χ4n) is 1.53. The zero-order chi connectivity index (χ0) is 10.3. The molecule has 4 nitrogen and oxygen atoms in total. The molecule has 74 valence electrons. The van der Waals surface area contributed by atoms with Gasteiger partial charge in [0.1, 0.15) is 11.2 Å². The smallest absolute Gasteiger partial charge is 0.316 e. The molecule has 1 N–H and O–H groups in total. The summed E-state index contributed by atoms with van der Waals surface area (Å²) in [6.45, 7) is 0. The zero-order valence-corrected chi connectivity index (χ0v) is 9.39. The molecule has 6 heteroatoms. The fraction of sp³-hybridized carbons (Fsp3) is 0.375. The number of carbonyl (C=O) groups is 2. The molecule has 0 bridgehead atoms. The van der Waals surface area contributed by atoms with Gasteiger partial charge in [0.2, 0.25) is 0 Å². The molecule has 0 aromatic carbocycles. The van der Waals surface area contributed by atoms with Crippen molar-refractivity contribution in [3.63, 3.8) is 0 Å². The molecule has 0 spiro atoms. The van der Waals surface area contributed by atoms with Crippen LogP contribution in [0.3, 0.4) is 0 Å². The molecule has 0 unspecified atom stereocenters. The van der Waals surface area contributed by atoms with Gasteiger partial charge in [-0.25, -0.2) is 4.98 Å². The lowest BCUT2D eigenvalue weighted by molar-refractivity contribution is -0.153. The molecule has 1 aromatic heterocycles. The van der Waals surface area contributed by atoms with E-state index in [4.69, 9.17) is 5.11 Å². The van der Waals surface area contributed by atoms with Crippen molar-refractivity contribution in [1.29, 1.82) is 0 Å². The number of Topliss-reactive ketones (excluding diaryl/α,β-unsaturated/α-hetero) is 1. The van der Waals surface area contributed by atoms with E-state index >= 15 is 0 Å². The van der Waals surface area contributed by atoms with Crippen LogP contribution < -0.4 is 0 Å². The predicted octanol–water partition coefficient (Wildman–Crippen LogP) is 1.59. The molecule has 0 atom stereocenters. The van der Waals surface area contributed by atoms with Gasteiger partial charge in [-0.2, -0.15) is 0 Å². The second kappa shape index (κ2) is 3.13. The molecule has 1 heterocycles. The van der Waals surface area contributed by atoms with Crippen LogP contribution >= 0.6 is 27.3 Å². The van der Waals surface area contributed by atoms with Gasteiger partial charge in [0.05, 0.1) is 5.69 Å². The van der Waals surface area contributed by atoms with E-state index in [1.54, 1.807) is 5.38 Å². The first kappa shape index (κ1) is 9.79. The van der Waals surface area contributed by atoms with E-state index in [-0.39, 0.29) is 18.6 Å². The maximum Gasteiger partial charge on any atom is 0.316 e. The Hall–Kier alpha value is -0.750. The molecular weight excluding hydrogens is 270 g/mol. The highest BCUT2D eigenvalue weighted by molar-refractivity contribution is 9.11. The molecule has 0 aliphatic heterocycles. The molecule has 0 saturated heterocycles. The van der Waals surface area contributed by atoms with Gasteiger partial charge in [-0.15, -0.1) is 11.3 Å². The van der Waals surface area contributed by atoms with Gasteiger partial charge in [-0.1, -0.05) is 0 Å². The Balaban J connectivity index is 2.38. The van der Waals surface area contributed by atoms with Crippen molar-refractivity contribution >= 4 is 39.0 Å². The Labute approximate surface area is 92.1 Å². The zero-order valence-electron chi connectivity index (χ0n) is 6.99. The fourth-order valence-corrected chi connectivity index (χ4v) is 2.64. The van der Waals surface area contributed by atoms with Crippen LogP contribution in [0.25, 0.3) is 0 Å². The third-order valence-corrected chi connectivity index (χ3v) is 3.74. The first-order valence-corrected chi connectivity index (χ1v) is 5.58. The summed E-state index contributed by atoms with van der Waals surface area (Å²) < 4.78 is 0.646. The van der Waals surface area contributed by atoms with Gasteiger partial charge in [0.15, 0.2) is 3.92 Å². The van der Waals surface area contributed by atoms with Crippen molar-refractivity contribution in [2.75, 3.05) is 0 Å². The number of ketones is 1. The molecular formula is C8H6BrNO3S. The van der Waals surface area contributed by atoms with Crippen molar-refractivity contribution in [1.82, 2.24) is 4.98 Å². The van der Waals surface area contributed by atoms with Gasteiger partial charge < -0.3 is 5.11 Å². The SMILES string of the molecule is O=C1CC(C(=O)O)(c2csc(Br)n2)C1. The lowest BCUT2D eigenvalue weighted by Crippen LogP contribution is -2.48. The summed E-state index contributed by atoms with van der Waals surface area (Å²) in [6.07, 6.45) is 0.136. The third-order valence-electron chi connectivity index (χ3n) is 2.37. The molecule has 0 radical (unpaired) electrons. The van der Waals surface area contributed by atoms with Crippen molar-refractivity contribution < 1.29 is 14.7 Å². The number of carboxylic acids is 1. The minimum atomic E-state index is -1.06. The van der Waals surface area contributed by atoms with Gasteiger partial charge in [0.25, 0.3) is 0 Å². The van der Waals surface area contributed by atoms with E-state index in [0.717, 1.165) is 0 Å². The summed E-state index contributed by atoms with van der Waals surface area (Å²) in [6, 6.07) is 0. The van der Waals surface area contributed by atoms with E-state index in [1.807, 2.05) is 0 Å². The summed E-state index contributed by atoms with van der Waals surface area (Å²) >= 11 is 4.50. The van der Waals surface area contributed by atoms with Crippen LogP contribution in [0, 0.1) is 0 Å². The summed E-state index contributed by atoms with van der Waals surface area (Å²) in [4.78, 5) is 26.0. The average molecular weight is 276 g/mol. The van der Waals surface area contributed by atoms with Crippen LogP contribution in [0.5, 0.6) is 0 Å².